The molecule has 0 spiro atoms. The van der Waals surface area contributed by atoms with E-state index >= 15 is 0 Å². The van der Waals surface area contributed by atoms with Gasteiger partial charge in [0.05, 0.1) is 7.11 Å². The zero-order valence-corrected chi connectivity index (χ0v) is 7.59. The number of amides is 1. The van der Waals surface area contributed by atoms with Gasteiger partial charge in [-0.3, -0.25) is 0 Å². The number of methoxy groups -OCH3 is 1. The zero-order chi connectivity index (χ0) is 8.97. The summed E-state index contributed by atoms with van der Waals surface area (Å²) < 4.78 is 4.51. The quantitative estimate of drug-likeness (QED) is 0.608. The fourth-order valence-corrected chi connectivity index (χ4v) is 1.32. The molecule has 1 atom stereocenters. The van der Waals surface area contributed by atoms with Crippen LogP contribution in [0.2, 0.25) is 0 Å². The van der Waals surface area contributed by atoms with E-state index in [4.69, 9.17) is 0 Å². The highest BCUT2D eigenvalue weighted by Gasteiger charge is 2.14. The van der Waals surface area contributed by atoms with Crippen molar-refractivity contribution in [3.8, 4) is 0 Å². The van der Waals surface area contributed by atoms with Gasteiger partial charge in [-0.15, -0.1) is 0 Å². The molecule has 1 aliphatic rings. The van der Waals surface area contributed by atoms with E-state index in [1.807, 2.05) is 0 Å². The van der Waals surface area contributed by atoms with Crippen LogP contribution in [0.25, 0.3) is 0 Å². The molecule has 3 nitrogen and oxygen atoms in total. The highest BCUT2D eigenvalue weighted by atomic mass is 16.5. The van der Waals surface area contributed by atoms with Gasteiger partial charge >= 0.3 is 6.09 Å². The molecule has 0 saturated heterocycles. The Morgan fingerprint density at radius 3 is 3.00 bits per heavy atom. The number of carbonyl (C=O) groups is 1. The molecule has 1 N–H and O–H groups in total. The van der Waals surface area contributed by atoms with Crippen LogP contribution in [0.4, 0.5) is 4.79 Å². The number of ether oxygens (including phenoxy) is 1. The average molecular weight is 169 g/mol. The second-order valence-electron chi connectivity index (χ2n) is 3.16. The van der Waals surface area contributed by atoms with Crippen molar-refractivity contribution in [3.05, 3.63) is 11.6 Å². The van der Waals surface area contributed by atoms with Gasteiger partial charge in [0.1, 0.15) is 0 Å². The summed E-state index contributed by atoms with van der Waals surface area (Å²) in [6.07, 6.45) is 4.88. The minimum Gasteiger partial charge on any atom is -0.453 e. The SMILES string of the molecule is COC(=O)NC1CC=C(C)CC1. The van der Waals surface area contributed by atoms with E-state index in [1.165, 1.54) is 12.7 Å². The molecule has 0 heterocycles. The predicted octanol–water partition coefficient (Wildman–Crippen LogP) is 1.84. The summed E-state index contributed by atoms with van der Waals surface area (Å²) in [5, 5.41) is 2.78. The second-order valence-corrected chi connectivity index (χ2v) is 3.16. The summed E-state index contributed by atoms with van der Waals surface area (Å²) in [6.45, 7) is 2.12. The number of hydrogen-bond donors (Lipinski definition) is 1. The van der Waals surface area contributed by atoms with E-state index in [-0.39, 0.29) is 12.1 Å². The van der Waals surface area contributed by atoms with Crippen molar-refractivity contribution in [2.24, 2.45) is 0 Å². The lowest BCUT2D eigenvalue weighted by Crippen LogP contribution is -2.35. The van der Waals surface area contributed by atoms with Crippen molar-refractivity contribution >= 4 is 6.09 Å². The van der Waals surface area contributed by atoms with Gasteiger partial charge < -0.3 is 10.1 Å². The second kappa shape index (κ2) is 4.14. The summed E-state index contributed by atoms with van der Waals surface area (Å²) in [5.74, 6) is 0. The van der Waals surface area contributed by atoms with E-state index in [9.17, 15) is 4.79 Å². The molecule has 0 aromatic carbocycles. The molecule has 1 amide bonds. The molecule has 0 aromatic heterocycles. The molecule has 1 rings (SSSR count). The Hall–Kier alpha value is -0.990. The van der Waals surface area contributed by atoms with E-state index < -0.39 is 0 Å². The molecule has 0 aromatic rings. The molecule has 1 aliphatic carbocycles. The standard InChI is InChI=1S/C9H15NO2/c1-7-3-5-8(6-4-7)10-9(11)12-2/h3,8H,4-6H2,1-2H3,(H,10,11). The van der Waals surface area contributed by atoms with Crippen molar-refractivity contribution in [1.82, 2.24) is 5.32 Å². The van der Waals surface area contributed by atoms with E-state index in [0.29, 0.717) is 0 Å². The summed E-state index contributed by atoms with van der Waals surface area (Å²) >= 11 is 0. The van der Waals surface area contributed by atoms with Crippen LogP contribution in [0.5, 0.6) is 0 Å². The number of allylic oxidation sites excluding steroid dienone is 1. The van der Waals surface area contributed by atoms with Gasteiger partial charge in [0.25, 0.3) is 0 Å². The lowest BCUT2D eigenvalue weighted by Gasteiger charge is -2.20. The van der Waals surface area contributed by atoms with Gasteiger partial charge in [0, 0.05) is 6.04 Å². The molecule has 68 valence electrons. The number of hydrogen-bond acceptors (Lipinski definition) is 2. The van der Waals surface area contributed by atoms with Crippen LogP contribution in [0.1, 0.15) is 26.2 Å². The summed E-state index contributed by atoms with van der Waals surface area (Å²) in [6, 6.07) is 0.265. The lowest BCUT2D eigenvalue weighted by atomic mass is 9.96. The monoisotopic (exact) mass is 169 g/mol. The van der Waals surface area contributed by atoms with Gasteiger partial charge in [0.2, 0.25) is 0 Å². The van der Waals surface area contributed by atoms with Crippen LogP contribution in [-0.2, 0) is 4.74 Å². The Labute approximate surface area is 72.8 Å². The van der Waals surface area contributed by atoms with Crippen molar-refractivity contribution in [2.45, 2.75) is 32.2 Å². The van der Waals surface area contributed by atoms with Gasteiger partial charge in [-0.2, -0.15) is 0 Å². The zero-order valence-electron chi connectivity index (χ0n) is 7.59. The van der Waals surface area contributed by atoms with Crippen LogP contribution in [-0.4, -0.2) is 19.2 Å². The molecule has 0 bridgehead atoms. The fraction of sp³-hybridized carbons (Fsp3) is 0.667. The van der Waals surface area contributed by atoms with E-state index in [1.54, 1.807) is 0 Å². The summed E-state index contributed by atoms with van der Waals surface area (Å²) in [5.41, 5.74) is 1.41. The first kappa shape index (κ1) is 9.10. The number of alkyl carbamates (subject to hydrolysis) is 1. The highest BCUT2D eigenvalue weighted by Crippen LogP contribution is 2.17. The maximum Gasteiger partial charge on any atom is 0.407 e. The number of nitrogens with one attached hydrogen (secondary N) is 1. The van der Waals surface area contributed by atoms with Crippen molar-refractivity contribution in [1.29, 1.82) is 0 Å². The van der Waals surface area contributed by atoms with Crippen molar-refractivity contribution < 1.29 is 9.53 Å². The van der Waals surface area contributed by atoms with E-state index in [2.05, 4.69) is 23.1 Å². The van der Waals surface area contributed by atoms with Crippen LogP contribution in [0.3, 0.4) is 0 Å². The molecule has 3 heteroatoms. The maximum absolute atomic E-state index is 10.8. The number of rotatable bonds is 1. The van der Waals surface area contributed by atoms with Gasteiger partial charge in [-0.05, 0) is 26.2 Å². The Morgan fingerprint density at radius 2 is 2.50 bits per heavy atom. The predicted molar refractivity (Wildman–Crippen MR) is 46.9 cm³/mol. The first-order valence-electron chi connectivity index (χ1n) is 4.22. The Bertz CT molecular complexity index is 199. The molecule has 0 saturated carbocycles. The average Bonchev–Trinajstić information content (AvgIpc) is 2.09. The Morgan fingerprint density at radius 1 is 1.75 bits per heavy atom. The Balaban J connectivity index is 2.32. The molecule has 0 fully saturated rings. The first-order chi connectivity index (χ1) is 5.72. The number of carbonyl (C=O) groups excluding carboxylic acids is 1. The third-order valence-electron chi connectivity index (χ3n) is 2.15. The summed E-state index contributed by atoms with van der Waals surface area (Å²) in [4.78, 5) is 10.8. The molecule has 1 unspecified atom stereocenters. The molecular weight excluding hydrogens is 154 g/mol. The smallest absolute Gasteiger partial charge is 0.407 e. The van der Waals surface area contributed by atoms with Crippen LogP contribution >= 0.6 is 0 Å². The molecular formula is C9H15NO2. The Kier molecular flexibility index (Phi) is 3.14. The molecule has 12 heavy (non-hydrogen) atoms. The highest BCUT2D eigenvalue weighted by molar-refractivity contribution is 5.67. The normalized spacial score (nSPS) is 22.8. The summed E-state index contributed by atoms with van der Waals surface area (Å²) in [7, 11) is 1.39. The first-order valence-corrected chi connectivity index (χ1v) is 4.22. The van der Waals surface area contributed by atoms with Crippen molar-refractivity contribution in [2.75, 3.05) is 7.11 Å². The lowest BCUT2D eigenvalue weighted by molar-refractivity contribution is 0.165. The van der Waals surface area contributed by atoms with Crippen molar-refractivity contribution in [3.63, 3.8) is 0 Å². The van der Waals surface area contributed by atoms with Crippen LogP contribution in [0.15, 0.2) is 11.6 Å². The minimum absolute atomic E-state index is 0.265. The molecule has 0 aliphatic heterocycles. The molecule has 0 radical (unpaired) electrons. The third kappa shape index (κ3) is 2.57. The van der Waals surface area contributed by atoms with Gasteiger partial charge in [0.15, 0.2) is 0 Å². The largest absolute Gasteiger partial charge is 0.453 e. The van der Waals surface area contributed by atoms with Gasteiger partial charge in [-0.25, -0.2) is 4.79 Å². The van der Waals surface area contributed by atoms with Gasteiger partial charge in [-0.1, -0.05) is 11.6 Å². The topological polar surface area (TPSA) is 38.3 Å². The van der Waals surface area contributed by atoms with Crippen LogP contribution < -0.4 is 5.32 Å². The third-order valence-corrected chi connectivity index (χ3v) is 2.15. The van der Waals surface area contributed by atoms with Crippen LogP contribution in [0, 0.1) is 0 Å². The maximum atomic E-state index is 10.8. The fourth-order valence-electron chi connectivity index (χ4n) is 1.32. The minimum atomic E-state index is -0.326. The van der Waals surface area contributed by atoms with E-state index in [0.717, 1.165) is 19.3 Å².